The molecule has 1 fully saturated rings. The lowest BCUT2D eigenvalue weighted by molar-refractivity contribution is -0.116. The zero-order valence-corrected chi connectivity index (χ0v) is 13.5. The Kier molecular flexibility index (Phi) is 5.27. The number of ether oxygens (including phenoxy) is 1. The van der Waals surface area contributed by atoms with Gasteiger partial charge in [-0.2, -0.15) is 5.10 Å². The highest BCUT2D eigenvalue weighted by atomic mass is 35.5. The number of amides is 1. The van der Waals surface area contributed by atoms with E-state index < -0.39 is 0 Å². The fourth-order valence-corrected chi connectivity index (χ4v) is 2.69. The summed E-state index contributed by atoms with van der Waals surface area (Å²) >= 11 is 5.79. The average Bonchev–Trinajstić information content (AvgIpc) is 2.93. The van der Waals surface area contributed by atoms with Gasteiger partial charge < -0.3 is 10.1 Å². The minimum Gasteiger partial charge on any atom is -0.379 e. The quantitative estimate of drug-likeness (QED) is 0.908. The van der Waals surface area contributed by atoms with Gasteiger partial charge in [0.15, 0.2) is 0 Å². The molecule has 2 heterocycles. The second-order valence-electron chi connectivity index (χ2n) is 5.49. The number of carbonyl (C=O) groups excluding carboxylic acids is 1. The van der Waals surface area contributed by atoms with Gasteiger partial charge in [0.2, 0.25) is 5.91 Å². The third-order valence-corrected chi connectivity index (χ3v) is 3.82. The molecular weight excluding hydrogens is 316 g/mol. The molecule has 1 aromatic heterocycles. The maximum Gasteiger partial charge on any atom is 0.246 e. The summed E-state index contributed by atoms with van der Waals surface area (Å²) in [6.07, 6.45) is 3.13. The van der Waals surface area contributed by atoms with Crippen LogP contribution in [-0.4, -0.2) is 46.9 Å². The largest absolute Gasteiger partial charge is 0.379 e. The van der Waals surface area contributed by atoms with Crippen LogP contribution in [0.4, 0.5) is 5.69 Å². The monoisotopic (exact) mass is 334 g/mol. The highest BCUT2D eigenvalue weighted by Gasteiger charge is 2.11. The molecule has 1 aliphatic heterocycles. The molecule has 6 nitrogen and oxygen atoms in total. The first-order chi connectivity index (χ1) is 11.2. The summed E-state index contributed by atoms with van der Waals surface area (Å²) in [5.74, 6) is -0.131. The van der Waals surface area contributed by atoms with Gasteiger partial charge in [0.05, 0.1) is 24.4 Å². The van der Waals surface area contributed by atoms with E-state index in [4.69, 9.17) is 16.3 Å². The standard InChI is InChI=1S/C16H19ClN4O2/c17-14-9-18-21(11-14)12-16(22)19-15-3-1-2-13(8-15)10-20-4-6-23-7-5-20/h1-3,8-9,11H,4-7,10,12H2,(H,19,22). The van der Waals surface area contributed by atoms with E-state index in [9.17, 15) is 4.79 Å². The van der Waals surface area contributed by atoms with E-state index in [2.05, 4.69) is 21.4 Å². The number of rotatable bonds is 5. The average molecular weight is 335 g/mol. The van der Waals surface area contributed by atoms with Crippen LogP contribution in [0.1, 0.15) is 5.56 Å². The lowest BCUT2D eigenvalue weighted by atomic mass is 10.2. The van der Waals surface area contributed by atoms with Crippen LogP contribution in [0.3, 0.4) is 0 Å². The first-order valence-corrected chi connectivity index (χ1v) is 7.94. The predicted octanol–water partition coefficient (Wildman–Crippen LogP) is 2.01. The van der Waals surface area contributed by atoms with Crippen molar-refractivity contribution in [1.29, 1.82) is 0 Å². The van der Waals surface area contributed by atoms with Gasteiger partial charge in [0.25, 0.3) is 0 Å². The van der Waals surface area contributed by atoms with Crippen LogP contribution in [0.15, 0.2) is 36.7 Å². The Bertz CT molecular complexity index is 668. The number of aromatic nitrogens is 2. The van der Waals surface area contributed by atoms with Crippen LogP contribution >= 0.6 is 11.6 Å². The highest BCUT2D eigenvalue weighted by Crippen LogP contribution is 2.14. The van der Waals surface area contributed by atoms with E-state index in [-0.39, 0.29) is 12.5 Å². The molecule has 0 aliphatic carbocycles. The van der Waals surface area contributed by atoms with Crippen molar-refractivity contribution in [3.63, 3.8) is 0 Å². The van der Waals surface area contributed by atoms with Crippen LogP contribution < -0.4 is 5.32 Å². The maximum atomic E-state index is 12.1. The van der Waals surface area contributed by atoms with Gasteiger partial charge in [-0.25, -0.2) is 0 Å². The fraction of sp³-hybridized carbons (Fsp3) is 0.375. The summed E-state index contributed by atoms with van der Waals surface area (Å²) in [6, 6.07) is 7.91. The molecule has 1 N–H and O–H groups in total. The van der Waals surface area contributed by atoms with Crippen molar-refractivity contribution in [1.82, 2.24) is 14.7 Å². The van der Waals surface area contributed by atoms with Gasteiger partial charge in [-0.3, -0.25) is 14.4 Å². The Balaban J connectivity index is 1.57. The van der Waals surface area contributed by atoms with Gasteiger partial charge in [0.1, 0.15) is 6.54 Å². The molecule has 7 heteroatoms. The first kappa shape index (κ1) is 16.0. The summed E-state index contributed by atoms with van der Waals surface area (Å²) in [6.45, 7) is 4.45. The third-order valence-electron chi connectivity index (χ3n) is 3.63. The normalized spacial score (nSPS) is 15.5. The van der Waals surface area contributed by atoms with E-state index in [1.165, 1.54) is 16.4 Å². The molecule has 1 amide bonds. The van der Waals surface area contributed by atoms with E-state index in [1.54, 1.807) is 6.20 Å². The Hall–Kier alpha value is -1.89. The number of anilines is 1. The molecule has 1 aliphatic rings. The summed E-state index contributed by atoms with van der Waals surface area (Å²) in [5.41, 5.74) is 1.96. The van der Waals surface area contributed by atoms with Crippen LogP contribution in [0.5, 0.6) is 0 Å². The van der Waals surface area contributed by atoms with Crippen LogP contribution in [-0.2, 0) is 22.6 Å². The lowest BCUT2D eigenvalue weighted by Gasteiger charge is -2.26. The van der Waals surface area contributed by atoms with Crippen LogP contribution in [0.2, 0.25) is 5.02 Å². The number of benzene rings is 1. The second-order valence-corrected chi connectivity index (χ2v) is 5.93. The summed E-state index contributed by atoms with van der Waals surface area (Å²) in [5, 5.41) is 7.41. The van der Waals surface area contributed by atoms with E-state index in [0.717, 1.165) is 38.5 Å². The molecule has 0 saturated carbocycles. The summed E-state index contributed by atoms with van der Waals surface area (Å²) in [4.78, 5) is 14.4. The van der Waals surface area contributed by atoms with Crippen molar-refractivity contribution in [2.45, 2.75) is 13.1 Å². The molecule has 0 spiro atoms. The molecule has 1 saturated heterocycles. The topological polar surface area (TPSA) is 59.4 Å². The minimum atomic E-state index is -0.131. The lowest BCUT2D eigenvalue weighted by Crippen LogP contribution is -2.35. The smallest absolute Gasteiger partial charge is 0.246 e. The zero-order valence-electron chi connectivity index (χ0n) is 12.7. The SMILES string of the molecule is O=C(Cn1cc(Cl)cn1)Nc1cccc(CN2CCOCC2)c1. The van der Waals surface area contributed by atoms with Crippen molar-refractivity contribution >= 4 is 23.2 Å². The first-order valence-electron chi connectivity index (χ1n) is 7.56. The fourth-order valence-electron chi connectivity index (χ4n) is 2.54. The van der Waals surface area contributed by atoms with Gasteiger partial charge >= 0.3 is 0 Å². The number of halogens is 1. The van der Waals surface area contributed by atoms with Crippen molar-refractivity contribution in [2.75, 3.05) is 31.6 Å². The van der Waals surface area contributed by atoms with Gasteiger partial charge in [-0.1, -0.05) is 23.7 Å². The molecule has 2 aromatic rings. The van der Waals surface area contributed by atoms with E-state index in [1.807, 2.05) is 18.2 Å². The second kappa shape index (κ2) is 7.59. The summed E-state index contributed by atoms with van der Waals surface area (Å²) in [7, 11) is 0. The van der Waals surface area contributed by atoms with Gasteiger partial charge in [-0.15, -0.1) is 0 Å². The van der Waals surface area contributed by atoms with Crippen LogP contribution in [0, 0.1) is 0 Å². The molecule has 3 rings (SSSR count). The van der Waals surface area contributed by atoms with E-state index in [0.29, 0.717) is 5.02 Å². The number of hydrogen-bond acceptors (Lipinski definition) is 4. The van der Waals surface area contributed by atoms with Crippen molar-refractivity contribution in [2.24, 2.45) is 0 Å². The van der Waals surface area contributed by atoms with Crippen LogP contribution in [0.25, 0.3) is 0 Å². The summed E-state index contributed by atoms with van der Waals surface area (Å²) < 4.78 is 6.86. The Morgan fingerprint density at radius 2 is 2.17 bits per heavy atom. The molecule has 0 radical (unpaired) electrons. The van der Waals surface area contributed by atoms with Gasteiger partial charge in [0, 0.05) is 31.5 Å². The zero-order chi connectivity index (χ0) is 16.1. The van der Waals surface area contributed by atoms with E-state index >= 15 is 0 Å². The number of carbonyl (C=O) groups is 1. The number of morpholine rings is 1. The molecule has 0 bridgehead atoms. The third kappa shape index (κ3) is 4.79. The molecule has 1 aromatic carbocycles. The number of nitrogens with zero attached hydrogens (tertiary/aromatic N) is 3. The van der Waals surface area contributed by atoms with Crippen molar-refractivity contribution in [3.05, 3.63) is 47.2 Å². The molecule has 122 valence electrons. The maximum absolute atomic E-state index is 12.1. The van der Waals surface area contributed by atoms with Crippen molar-refractivity contribution < 1.29 is 9.53 Å². The van der Waals surface area contributed by atoms with Gasteiger partial charge in [-0.05, 0) is 17.7 Å². The highest BCUT2D eigenvalue weighted by molar-refractivity contribution is 6.30. The molecule has 0 atom stereocenters. The molecular formula is C16H19ClN4O2. The molecule has 23 heavy (non-hydrogen) atoms. The number of nitrogens with one attached hydrogen (secondary N) is 1. The Morgan fingerprint density at radius 1 is 1.35 bits per heavy atom. The Labute approximate surface area is 140 Å². The number of hydrogen-bond donors (Lipinski definition) is 1. The van der Waals surface area contributed by atoms with Crippen molar-refractivity contribution in [3.8, 4) is 0 Å². The Morgan fingerprint density at radius 3 is 2.91 bits per heavy atom. The molecule has 0 unspecified atom stereocenters. The minimum absolute atomic E-state index is 0.131. The predicted molar refractivity (Wildman–Crippen MR) is 88.4 cm³/mol.